The molecule has 0 aliphatic carbocycles. The third kappa shape index (κ3) is 3.17. The van der Waals surface area contributed by atoms with Gasteiger partial charge in [0.2, 0.25) is 5.28 Å². The molecule has 0 N–H and O–H groups in total. The molecule has 0 spiro atoms. The van der Waals surface area contributed by atoms with Gasteiger partial charge in [-0.1, -0.05) is 32.5 Å². The van der Waals surface area contributed by atoms with Gasteiger partial charge in [0, 0.05) is 5.25 Å². The van der Waals surface area contributed by atoms with E-state index in [1.807, 2.05) is 0 Å². The highest BCUT2D eigenvalue weighted by Gasteiger charge is 2.14. The molecule has 2 heterocycles. The number of rotatable bonds is 4. The molecule has 0 bridgehead atoms. The molecular formula is C10H13ClN6S. The SMILES string of the molecule is CC(C)C(C)Sc1nc(Cl)nc(-n2cncn2)n1. The van der Waals surface area contributed by atoms with Crippen LogP contribution in [0.15, 0.2) is 17.8 Å². The van der Waals surface area contributed by atoms with Crippen molar-refractivity contribution in [1.29, 1.82) is 0 Å². The lowest BCUT2D eigenvalue weighted by Crippen LogP contribution is -2.09. The molecule has 96 valence electrons. The summed E-state index contributed by atoms with van der Waals surface area (Å²) in [5.74, 6) is 0.909. The highest BCUT2D eigenvalue weighted by atomic mass is 35.5. The number of nitrogens with zero attached hydrogens (tertiary/aromatic N) is 6. The molecule has 2 aromatic heterocycles. The van der Waals surface area contributed by atoms with Crippen LogP contribution in [0.4, 0.5) is 0 Å². The Bertz CT molecular complexity index is 515. The van der Waals surface area contributed by atoms with Crippen LogP contribution in [0.1, 0.15) is 20.8 Å². The zero-order valence-corrected chi connectivity index (χ0v) is 11.9. The maximum absolute atomic E-state index is 5.89. The van der Waals surface area contributed by atoms with E-state index in [0.29, 0.717) is 22.3 Å². The third-order valence-corrected chi connectivity index (χ3v) is 3.91. The first-order valence-corrected chi connectivity index (χ1v) is 6.75. The fourth-order valence-corrected chi connectivity index (χ4v) is 2.17. The van der Waals surface area contributed by atoms with E-state index >= 15 is 0 Å². The van der Waals surface area contributed by atoms with Gasteiger partial charge in [-0.15, -0.1) is 0 Å². The summed E-state index contributed by atoms with van der Waals surface area (Å²) in [6, 6.07) is 0. The zero-order valence-electron chi connectivity index (χ0n) is 10.3. The van der Waals surface area contributed by atoms with Gasteiger partial charge in [0.25, 0.3) is 5.95 Å². The van der Waals surface area contributed by atoms with Gasteiger partial charge in [0.15, 0.2) is 5.16 Å². The Morgan fingerprint density at radius 1 is 1.22 bits per heavy atom. The summed E-state index contributed by atoms with van der Waals surface area (Å²) in [4.78, 5) is 16.3. The first-order chi connectivity index (χ1) is 8.56. The minimum atomic E-state index is 0.161. The van der Waals surface area contributed by atoms with Gasteiger partial charge in [-0.05, 0) is 17.5 Å². The van der Waals surface area contributed by atoms with E-state index in [4.69, 9.17) is 11.6 Å². The van der Waals surface area contributed by atoms with Gasteiger partial charge < -0.3 is 0 Å². The largest absolute Gasteiger partial charge is 0.257 e. The van der Waals surface area contributed by atoms with Crippen molar-refractivity contribution >= 4 is 23.4 Å². The van der Waals surface area contributed by atoms with E-state index < -0.39 is 0 Å². The Balaban J connectivity index is 2.27. The molecule has 0 aliphatic rings. The minimum Gasteiger partial charge on any atom is -0.223 e. The van der Waals surface area contributed by atoms with Crippen LogP contribution < -0.4 is 0 Å². The van der Waals surface area contributed by atoms with E-state index in [-0.39, 0.29) is 5.28 Å². The Hall–Kier alpha value is -1.21. The Labute approximate surface area is 114 Å². The molecule has 2 rings (SSSR count). The fraction of sp³-hybridized carbons (Fsp3) is 0.500. The van der Waals surface area contributed by atoms with Crippen molar-refractivity contribution in [3.63, 3.8) is 0 Å². The average molecular weight is 285 g/mol. The van der Waals surface area contributed by atoms with Crippen LogP contribution in [-0.4, -0.2) is 35.0 Å². The predicted octanol–water partition coefficient (Wildman–Crippen LogP) is 2.24. The smallest absolute Gasteiger partial charge is 0.223 e. The maximum atomic E-state index is 5.89. The van der Waals surface area contributed by atoms with Crippen LogP contribution in [0, 0.1) is 5.92 Å². The molecule has 0 radical (unpaired) electrons. The van der Waals surface area contributed by atoms with Gasteiger partial charge in [-0.25, -0.2) is 4.98 Å². The van der Waals surface area contributed by atoms with E-state index in [9.17, 15) is 0 Å². The molecule has 0 fully saturated rings. The summed E-state index contributed by atoms with van der Waals surface area (Å²) in [6.07, 6.45) is 2.94. The molecule has 0 saturated carbocycles. The van der Waals surface area contributed by atoms with E-state index in [1.165, 1.54) is 17.3 Å². The summed E-state index contributed by atoms with van der Waals surface area (Å²) >= 11 is 7.46. The molecular weight excluding hydrogens is 272 g/mol. The monoisotopic (exact) mass is 284 g/mol. The molecule has 0 aromatic carbocycles. The second kappa shape index (κ2) is 5.62. The van der Waals surface area contributed by atoms with Crippen molar-refractivity contribution < 1.29 is 0 Å². The fourth-order valence-electron chi connectivity index (χ4n) is 1.09. The summed E-state index contributed by atoms with van der Waals surface area (Å²) < 4.78 is 1.46. The van der Waals surface area contributed by atoms with Crippen LogP contribution in [0.2, 0.25) is 5.28 Å². The van der Waals surface area contributed by atoms with Crippen molar-refractivity contribution in [2.24, 2.45) is 5.92 Å². The maximum Gasteiger partial charge on any atom is 0.257 e. The molecule has 6 nitrogen and oxygen atoms in total. The lowest BCUT2D eigenvalue weighted by Gasteiger charge is -2.13. The van der Waals surface area contributed by atoms with Crippen molar-refractivity contribution in [2.45, 2.75) is 31.2 Å². The van der Waals surface area contributed by atoms with E-state index in [1.54, 1.807) is 11.8 Å². The first kappa shape index (κ1) is 13.2. The second-order valence-corrected chi connectivity index (χ2v) is 5.78. The summed E-state index contributed by atoms with van der Waals surface area (Å²) in [5.41, 5.74) is 0. The van der Waals surface area contributed by atoms with Gasteiger partial charge in [-0.3, -0.25) is 0 Å². The number of aromatic nitrogens is 6. The van der Waals surface area contributed by atoms with Crippen LogP contribution in [0.25, 0.3) is 5.95 Å². The van der Waals surface area contributed by atoms with Gasteiger partial charge >= 0.3 is 0 Å². The third-order valence-electron chi connectivity index (χ3n) is 2.43. The van der Waals surface area contributed by atoms with Crippen LogP contribution in [0.3, 0.4) is 0 Å². The summed E-state index contributed by atoms with van der Waals surface area (Å²) in [6.45, 7) is 6.43. The van der Waals surface area contributed by atoms with Gasteiger partial charge in [-0.2, -0.15) is 24.7 Å². The molecule has 8 heteroatoms. The lowest BCUT2D eigenvalue weighted by atomic mass is 10.2. The molecule has 1 atom stereocenters. The predicted molar refractivity (Wildman–Crippen MR) is 69.9 cm³/mol. The summed E-state index contributed by atoms with van der Waals surface area (Å²) in [7, 11) is 0. The van der Waals surface area contributed by atoms with E-state index in [0.717, 1.165) is 0 Å². The topological polar surface area (TPSA) is 69.4 Å². The highest BCUT2D eigenvalue weighted by molar-refractivity contribution is 7.99. The van der Waals surface area contributed by atoms with Gasteiger partial charge in [0.05, 0.1) is 0 Å². The van der Waals surface area contributed by atoms with Crippen LogP contribution in [0.5, 0.6) is 0 Å². The summed E-state index contributed by atoms with van der Waals surface area (Å²) in [5, 5.41) is 5.12. The number of hydrogen-bond donors (Lipinski definition) is 0. The van der Waals surface area contributed by atoms with Crippen molar-refractivity contribution in [1.82, 2.24) is 29.7 Å². The number of thioether (sulfide) groups is 1. The lowest BCUT2D eigenvalue weighted by molar-refractivity contribution is 0.639. The number of halogens is 1. The number of hydrogen-bond acceptors (Lipinski definition) is 6. The molecule has 0 aliphatic heterocycles. The standard InChI is InChI=1S/C10H13ClN6S/c1-6(2)7(3)18-10-15-8(11)14-9(16-10)17-5-12-4-13-17/h4-7H,1-3H3. The van der Waals surface area contributed by atoms with Crippen LogP contribution >= 0.6 is 23.4 Å². The highest BCUT2D eigenvalue weighted by Crippen LogP contribution is 2.25. The Morgan fingerprint density at radius 3 is 2.61 bits per heavy atom. The molecule has 18 heavy (non-hydrogen) atoms. The van der Waals surface area contributed by atoms with Crippen LogP contribution in [-0.2, 0) is 0 Å². The van der Waals surface area contributed by atoms with Crippen molar-refractivity contribution in [3.8, 4) is 5.95 Å². The zero-order chi connectivity index (χ0) is 13.1. The van der Waals surface area contributed by atoms with Crippen molar-refractivity contribution in [3.05, 3.63) is 17.9 Å². The quantitative estimate of drug-likeness (QED) is 0.802. The van der Waals surface area contributed by atoms with Crippen molar-refractivity contribution in [2.75, 3.05) is 0 Å². The Morgan fingerprint density at radius 2 is 2.00 bits per heavy atom. The normalized spacial score (nSPS) is 12.9. The van der Waals surface area contributed by atoms with E-state index in [2.05, 4.69) is 45.8 Å². The average Bonchev–Trinajstić information content (AvgIpc) is 2.81. The minimum absolute atomic E-state index is 0.161. The molecule has 0 amide bonds. The molecule has 1 unspecified atom stereocenters. The Kier molecular flexibility index (Phi) is 4.13. The molecule has 2 aromatic rings. The molecule has 0 saturated heterocycles. The second-order valence-electron chi connectivity index (χ2n) is 4.09. The first-order valence-electron chi connectivity index (χ1n) is 5.49. The van der Waals surface area contributed by atoms with Gasteiger partial charge in [0.1, 0.15) is 12.7 Å².